The molecule has 0 radical (unpaired) electrons. The van der Waals surface area contributed by atoms with E-state index in [9.17, 15) is 43.8 Å². The number of aliphatic hydroxyl groups is 1. The third-order valence-corrected chi connectivity index (χ3v) is 6.06. The Balaban J connectivity index is 2.04. The second-order valence-electron chi connectivity index (χ2n) is 9.15. The highest BCUT2D eigenvalue weighted by molar-refractivity contribution is 5.99. The van der Waals surface area contributed by atoms with Gasteiger partial charge in [-0.2, -0.15) is 0 Å². The standard InChI is InChI=1S/C25H32N6O11/c26-15(7-12-8-27-16-4-2-1-3-13(12)16)22(38)30-17(5-6-19(33)34)24(40)31-18(11-32)23(39)28-9-14(25(41)42)21(37)29-10-20(35)36/h1-4,8,14-15,17-18,27,32H,5-7,9-11,26H2,(H,28,39)(H,29,37)(H,30,38)(H,31,40)(H,33,34)(H,35,36)(H,41,42)/t14-,15+,17+,18+/m1/s1. The summed E-state index contributed by atoms with van der Waals surface area (Å²) >= 11 is 0. The first-order chi connectivity index (χ1) is 19.8. The number of aliphatic carboxylic acids is 3. The number of aromatic amines is 1. The van der Waals surface area contributed by atoms with E-state index in [0.717, 1.165) is 16.5 Å². The van der Waals surface area contributed by atoms with Gasteiger partial charge in [-0.25, -0.2) is 0 Å². The first-order valence-electron chi connectivity index (χ1n) is 12.6. The molecule has 0 aliphatic heterocycles. The van der Waals surface area contributed by atoms with Crippen LogP contribution in [0, 0.1) is 5.92 Å². The van der Waals surface area contributed by atoms with E-state index in [1.54, 1.807) is 12.3 Å². The van der Waals surface area contributed by atoms with Crippen LogP contribution in [-0.4, -0.2) is 105 Å². The fourth-order valence-corrected chi connectivity index (χ4v) is 3.82. The largest absolute Gasteiger partial charge is 0.481 e. The monoisotopic (exact) mass is 592 g/mol. The smallest absolute Gasteiger partial charge is 0.322 e. The van der Waals surface area contributed by atoms with Crippen molar-refractivity contribution in [2.75, 3.05) is 19.7 Å². The van der Waals surface area contributed by atoms with Gasteiger partial charge >= 0.3 is 17.9 Å². The van der Waals surface area contributed by atoms with E-state index in [0.29, 0.717) is 0 Å². The van der Waals surface area contributed by atoms with Gasteiger partial charge in [-0.3, -0.25) is 33.6 Å². The van der Waals surface area contributed by atoms with Gasteiger partial charge < -0.3 is 52.4 Å². The molecule has 1 heterocycles. The minimum absolute atomic E-state index is 0.0789. The Labute approximate surface area is 237 Å². The number of fused-ring (bicyclic) bond motifs is 1. The van der Waals surface area contributed by atoms with Crippen LogP contribution in [0.15, 0.2) is 30.5 Å². The second-order valence-corrected chi connectivity index (χ2v) is 9.15. The molecular formula is C25H32N6O11. The summed E-state index contributed by atoms with van der Waals surface area (Å²) in [5.41, 5.74) is 7.59. The maximum Gasteiger partial charge on any atom is 0.322 e. The Morgan fingerprint density at radius 2 is 1.50 bits per heavy atom. The van der Waals surface area contributed by atoms with Crippen molar-refractivity contribution in [1.82, 2.24) is 26.3 Å². The zero-order chi connectivity index (χ0) is 31.4. The molecule has 1 aromatic heterocycles. The lowest BCUT2D eigenvalue weighted by molar-refractivity contribution is -0.148. The molecule has 42 heavy (non-hydrogen) atoms. The van der Waals surface area contributed by atoms with Crippen molar-refractivity contribution in [2.45, 2.75) is 37.4 Å². The van der Waals surface area contributed by atoms with Gasteiger partial charge in [0.2, 0.25) is 23.6 Å². The molecule has 0 aliphatic rings. The molecule has 0 saturated heterocycles. The number of hydrogen-bond donors (Lipinski definition) is 10. The topological polar surface area (TPSA) is 290 Å². The number of nitrogens with one attached hydrogen (secondary N) is 5. The van der Waals surface area contributed by atoms with Crippen LogP contribution in [0.4, 0.5) is 0 Å². The van der Waals surface area contributed by atoms with E-state index in [-0.39, 0.29) is 6.42 Å². The van der Waals surface area contributed by atoms with Crippen molar-refractivity contribution in [3.63, 3.8) is 0 Å². The number of aliphatic hydroxyl groups excluding tert-OH is 1. The van der Waals surface area contributed by atoms with E-state index >= 15 is 0 Å². The van der Waals surface area contributed by atoms with Crippen LogP contribution >= 0.6 is 0 Å². The highest BCUT2D eigenvalue weighted by atomic mass is 16.4. The molecule has 0 unspecified atom stereocenters. The minimum atomic E-state index is -1.88. The number of hydrogen-bond acceptors (Lipinski definition) is 9. The zero-order valence-corrected chi connectivity index (χ0v) is 22.2. The number of nitrogens with two attached hydrogens (primary N) is 1. The Hall–Kier alpha value is -5.03. The first kappa shape index (κ1) is 33.2. The summed E-state index contributed by atoms with van der Waals surface area (Å²) in [6.07, 6.45) is 0.826. The van der Waals surface area contributed by atoms with Crippen LogP contribution in [-0.2, 0) is 40.0 Å². The molecule has 2 rings (SSSR count). The molecule has 17 heteroatoms. The summed E-state index contributed by atoms with van der Waals surface area (Å²) in [7, 11) is 0. The number of benzene rings is 1. The van der Waals surface area contributed by atoms with Crippen molar-refractivity contribution in [3.8, 4) is 0 Å². The molecule has 4 amide bonds. The molecule has 4 atom stereocenters. The zero-order valence-electron chi connectivity index (χ0n) is 22.2. The van der Waals surface area contributed by atoms with Crippen molar-refractivity contribution < 1.29 is 54.0 Å². The summed E-state index contributed by atoms with van der Waals surface area (Å²) in [6, 6.07) is 3.00. The van der Waals surface area contributed by atoms with Gasteiger partial charge in [-0.1, -0.05) is 18.2 Å². The molecule has 0 aliphatic carbocycles. The maximum absolute atomic E-state index is 12.9. The van der Waals surface area contributed by atoms with E-state index in [2.05, 4.69) is 20.9 Å². The number of H-pyrrole nitrogens is 1. The third-order valence-electron chi connectivity index (χ3n) is 6.06. The van der Waals surface area contributed by atoms with Crippen LogP contribution in [0.1, 0.15) is 18.4 Å². The average molecular weight is 593 g/mol. The van der Waals surface area contributed by atoms with E-state index in [1.165, 1.54) is 0 Å². The average Bonchev–Trinajstić information content (AvgIpc) is 3.34. The molecule has 17 nitrogen and oxygen atoms in total. The SMILES string of the molecule is N[C@@H](Cc1c[nH]c2ccccc12)C(=O)N[C@@H](CCC(=O)O)C(=O)N[C@@H](CO)C(=O)NC[C@@H](C(=O)O)C(=O)NCC(=O)O. The van der Waals surface area contributed by atoms with Crippen LogP contribution < -0.4 is 27.0 Å². The molecule has 1 aromatic carbocycles. The van der Waals surface area contributed by atoms with Gasteiger partial charge in [0.15, 0.2) is 5.92 Å². The van der Waals surface area contributed by atoms with Gasteiger partial charge in [0, 0.05) is 30.1 Å². The molecule has 0 saturated carbocycles. The van der Waals surface area contributed by atoms with Gasteiger partial charge in [-0.15, -0.1) is 0 Å². The quantitative estimate of drug-likeness (QED) is 0.0816. The first-order valence-corrected chi connectivity index (χ1v) is 12.6. The Morgan fingerprint density at radius 3 is 2.12 bits per heavy atom. The highest BCUT2D eigenvalue weighted by Gasteiger charge is 2.31. The van der Waals surface area contributed by atoms with Crippen LogP contribution in [0.5, 0.6) is 0 Å². The number of para-hydroxylation sites is 1. The van der Waals surface area contributed by atoms with Gasteiger partial charge in [-0.05, 0) is 24.5 Å². The molecular weight excluding hydrogens is 560 g/mol. The molecule has 2 aromatic rings. The minimum Gasteiger partial charge on any atom is -0.481 e. The van der Waals surface area contributed by atoms with Crippen molar-refractivity contribution in [2.24, 2.45) is 11.7 Å². The number of carbonyl (C=O) groups excluding carboxylic acids is 4. The molecule has 228 valence electrons. The van der Waals surface area contributed by atoms with Crippen LogP contribution in [0.2, 0.25) is 0 Å². The Morgan fingerprint density at radius 1 is 0.833 bits per heavy atom. The lowest BCUT2D eigenvalue weighted by Gasteiger charge is -2.23. The van der Waals surface area contributed by atoms with Crippen molar-refractivity contribution in [1.29, 1.82) is 0 Å². The fourth-order valence-electron chi connectivity index (χ4n) is 3.82. The summed E-state index contributed by atoms with van der Waals surface area (Å²) in [5.74, 6) is -10.4. The van der Waals surface area contributed by atoms with E-state index in [1.807, 2.05) is 23.5 Å². The number of carbonyl (C=O) groups is 7. The van der Waals surface area contributed by atoms with E-state index in [4.69, 9.17) is 15.9 Å². The lowest BCUT2D eigenvalue weighted by Crippen LogP contribution is -2.57. The van der Waals surface area contributed by atoms with Gasteiger partial charge in [0.1, 0.15) is 18.6 Å². The van der Waals surface area contributed by atoms with E-state index < -0.39 is 98.1 Å². The molecule has 0 fully saturated rings. The van der Waals surface area contributed by atoms with Crippen LogP contribution in [0.3, 0.4) is 0 Å². The van der Waals surface area contributed by atoms with Crippen molar-refractivity contribution >= 4 is 52.4 Å². The normalized spacial score (nSPS) is 13.7. The third kappa shape index (κ3) is 9.86. The Kier molecular flexibility index (Phi) is 12.4. The number of carboxylic acids is 3. The highest BCUT2D eigenvalue weighted by Crippen LogP contribution is 2.18. The molecule has 0 spiro atoms. The number of rotatable bonds is 17. The van der Waals surface area contributed by atoms with Crippen molar-refractivity contribution in [3.05, 3.63) is 36.0 Å². The fraction of sp³-hybridized carbons (Fsp3) is 0.400. The van der Waals surface area contributed by atoms with Gasteiger partial charge in [0.25, 0.3) is 0 Å². The predicted octanol–water partition coefficient (Wildman–Crippen LogP) is -3.12. The summed E-state index contributed by atoms with van der Waals surface area (Å²) in [4.78, 5) is 86.3. The lowest BCUT2D eigenvalue weighted by atomic mass is 10.0. The van der Waals surface area contributed by atoms with Crippen LogP contribution in [0.25, 0.3) is 10.9 Å². The number of carboxylic acid groups (broad SMARTS) is 3. The van der Waals surface area contributed by atoms with Gasteiger partial charge in [0.05, 0.1) is 12.6 Å². The number of aromatic nitrogens is 1. The Bertz CT molecular complexity index is 1330. The summed E-state index contributed by atoms with van der Waals surface area (Å²) in [5, 5.41) is 45.8. The predicted molar refractivity (Wildman–Crippen MR) is 143 cm³/mol. The maximum atomic E-state index is 12.9. The second kappa shape index (κ2) is 15.7. The number of amides is 4. The molecule has 11 N–H and O–H groups in total. The molecule has 0 bridgehead atoms. The summed E-state index contributed by atoms with van der Waals surface area (Å²) in [6.45, 7) is -2.66. The summed E-state index contributed by atoms with van der Waals surface area (Å²) < 4.78 is 0.